The van der Waals surface area contributed by atoms with Crippen molar-refractivity contribution in [3.8, 4) is 5.75 Å². The molecule has 1 N–H and O–H groups in total. The van der Waals surface area contributed by atoms with Gasteiger partial charge in [0.25, 0.3) is 5.78 Å². The first-order valence-electron chi connectivity index (χ1n) is 11.0. The summed E-state index contributed by atoms with van der Waals surface area (Å²) < 4.78 is 21.0. The summed E-state index contributed by atoms with van der Waals surface area (Å²) in [5, 5.41) is 11.4. The monoisotopic (exact) mass is 488 g/mol. The van der Waals surface area contributed by atoms with Crippen LogP contribution in [0.25, 0.3) is 16.0 Å². The van der Waals surface area contributed by atoms with Gasteiger partial charge in [-0.1, -0.05) is 42.5 Å². The summed E-state index contributed by atoms with van der Waals surface area (Å²) in [6.45, 7) is 2.04. The first kappa shape index (κ1) is 22.7. The first-order chi connectivity index (χ1) is 16.9. The number of carbonyl (C=O) groups excluding carboxylic acids is 2. The minimum Gasteiger partial charge on any atom is -0.507 e. The lowest BCUT2D eigenvalue weighted by molar-refractivity contribution is -0.132. The lowest BCUT2D eigenvalue weighted by atomic mass is 9.95. The van der Waals surface area contributed by atoms with Gasteiger partial charge in [-0.05, 0) is 54.4 Å². The highest BCUT2D eigenvalue weighted by Crippen LogP contribution is 2.45. The fraction of sp³-hybridized carbons (Fsp3) is 0.148. The van der Waals surface area contributed by atoms with Gasteiger partial charge in [0.05, 0.1) is 22.9 Å². The average molecular weight is 489 g/mol. The van der Waals surface area contributed by atoms with Gasteiger partial charge in [-0.2, -0.15) is 0 Å². The Morgan fingerprint density at radius 2 is 1.86 bits per heavy atom. The smallest absolute Gasteiger partial charge is 0.301 e. The molecule has 1 aliphatic heterocycles. The Kier molecular flexibility index (Phi) is 5.82. The van der Waals surface area contributed by atoms with Crippen LogP contribution in [0.2, 0.25) is 0 Å². The maximum atomic E-state index is 15.0. The fourth-order valence-corrected chi connectivity index (χ4v) is 5.26. The van der Waals surface area contributed by atoms with Crippen molar-refractivity contribution in [1.82, 2.24) is 4.98 Å². The Morgan fingerprint density at radius 1 is 1.11 bits per heavy atom. The van der Waals surface area contributed by atoms with E-state index in [4.69, 9.17) is 4.74 Å². The molecule has 1 amide bonds. The van der Waals surface area contributed by atoms with Crippen molar-refractivity contribution >= 4 is 44.1 Å². The Balaban J connectivity index is 1.72. The topological polar surface area (TPSA) is 79.7 Å². The molecule has 0 saturated carbocycles. The van der Waals surface area contributed by atoms with Crippen LogP contribution in [0.1, 0.15) is 29.7 Å². The van der Waals surface area contributed by atoms with E-state index in [1.54, 1.807) is 30.3 Å². The number of Topliss-reactive ketones (excluding diaryl/α,β-unsaturated/α-hetero) is 1. The van der Waals surface area contributed by atoms with E-state index >= 15 is 4.39 Å². The third kappa shape index (κ3) is 3.85. The molecule has 1 fully saturated rings. The number of aryl methyl sites for hydroxylation is 1. The molecule has 0 aliphatic carbocycles. The van der Waals surface area contributed by atoms with Crippen molar-refractivity contribution < 1.29 is 23.8 Å². The molecule has 1 aromatic heterocycles. The van der Waals surface area contributed by atoms with E-state index in [-0.39, 0.29) is 16.3 Å². The molecule has 2 heterocycles. The number of hydrogen-bond donors (Lipinski definition) is 1. The number of benzene rings is 3. The highest BCUT2D eigenvalue weighted by atomic mass is 32.1. The Bertz CT molecular complexity index is 1490. The van der Waals surface area contributed by atoms with E-state index in [0.717, 1.165) is 16.7 Å². The molecule has 0 bridgehead atoms. The number of ether oxygens (including phenoxy) is 1. The number of aromatic nitrogens is 1. The van der Waals surface area contributed by atoms with E-state index in [2.05, 4.69) is 4.98 Å². The van der Waals surface area contributed by atoms with Crippen molar-refractivity contribution in [2.24, 2.45) is 0 Å². The molecule has 0 spiro atoms. The summed E-state index contributed by atoms with van der Waals surface area (Å²) in [5.74, 6) is -2.20. The summed E-state index contributed by atoms with van der Waals surface area (Å²) in [6.07, 6.45) is 0.838. The average Bonchev–Trinajstić information content (AvgIpc) is 3.41. The van der Waals surface area contributed by atoms with E-state index < -0.39 is 29.3 Å². The van der Waals surface area contributed by atoms with Crippen molar-refractivity contribution in [2.45, 2.75) is 19.4 Å². The van der Waals surface area contributed by atoms with Gasteiger partial charge in [0.2, 0.25) is 0 Å². The zero-order valence-corrected chi connectivity index (χ0v) is 19.8. The molecule has 5 rings (SSSR count). The molecule has 1 atom stereocenters. The Morgan fingerprint density at radius 3 is 2.54 bits per heavy atom. The van der Waals surface area contributed by atoms with Crippen molar-refractivity contribution in [2.75, 3.05) is 12.0 Å². The number of ketones is 1. The van der Waals surface area contributed by atoms with Gasteiger partial charge in [-0.3, -0.25) is 14.5 Å². The summed E-state index contributed by atoms with van der Waals surface area (Å²) in [4.78, 5) is 32.3. The number of fused-ring (bicyclic) bond motifs is 1. The maximum absolute atomic E-state index is 15.0. The molecular weight excluding hydrogens is 467 g/mol. The highest BCUT2D eigenvalue weighted by Gasteiger charge is 2.49. The number of hydrogen-bond acceptors (Lipinski definition) is 6. The number of halogens is 1. The van der Waals surface area contributed by atoms with E-state index in [1.165, 1.54) is 41.5 Å². The van der Waals surface area contributed by atoms with E-state index in [1.807, 2.05) is 25.1 Å². The predicted molar refractivity (Wildman–Crippen MR) is 133 cm³/mol. The molecule has 1 aliphatic rings. The van der Waals surface area contributed by atoms with Crippen LogP contribution >= 0.6 is 11.3 Å². The van der Waals surface area contributed by atoms with Crippen LogP contribution in [0, 0.1) is 5.82 Å². The molecule has 0 radical (unpaired) electrons. The molecule has 8 heteroatoms. The minimum atomic E-state index is -1.18. The first-order valence-corrected chi connectivity index (χ1v) is 11.8. The number of anilines is 1. The van der Waals surface area contributed by atoms with Crippen molar-refractivity contribution in [1.29, 1.82) is 0 Å². The minimum absolute atomic E-state index is 0.0928. The number of nitrogens with zero attached hydrogens (tertiary/aromatic N) is 2. The molecule has 4 aromatic rings. The lowest BCUT2D eigenvalue weighted by Crippen LogP contribution is -2.29. The van der Waals surface area contributed by atoms with Crippen LogP contribution in [0.5, 0.6) is 5.75 Å². The summed E-state index contributed by atoms with van der Waals surface area (Å²) in [7, 11) is 1.51. The van der Waals surface area contributed by atoms with Gasteiger partial charge in [-0.25, -0.2) is 9.37 Å². The maximum Gasteiger partial charge on any atom is 0.301 e. The summed E-state index contributed by atoms with van der Waals surface area (Å²) in [5.41, 5.74) is 1.99. The van der Waals surface area contributed by atoms with Gasteiger partial charge >= 0.3 is 5.91 Å². The quantitative estimate of drug-likeness (QED) is 0.224. The molecule has 6 nitrogen and oxygen atoms in total. The SMILES string of the molecule is CCc1ccc2nc(N3C(=O)C(=O)C(=C(O)c4ccc(OC)cc4)C3c3ccccc3F)sc2c1. The number of thiazole rings is 1. The van der Waals surface area contributed by atoms with E-state index in [0.29, 0.717) is 16.8 Å². The molecule has 3 aromatic carbocycles. The number of amides is 1. The second-order valence-corrected chi connectivity index (χ2v) is 9.08. The second kappa shape index (κ2) is 8.96. The van der Waals surface area contributed by atoms with E-state index in [9.17, 15) is 14.7 Å². The fourth-order valence-electron chi connectivity index (χ4n) is 4.21. The molecular formula is C27H21FN2O4S. The van der Waals surface area contributed by atoms with Crippen LogP contribution in [-0.2, 0) is 16.0 Å². The van der Waals surface area contributed by atoms with Gasteiger partial charge in [0, 0.05) is 11.1 Å². The van der Waals surface area contributed by atoms with Gasteiger partial charge in [-0.15, -0.1) is 0 Å². The zero-order chi connectivity index (χ0) is 24.7. The Labute approximate surface area is 204 Å². The largest absolute Gasteiger partial charge is 0.507 e. The number of aliphatic hydroxyl groups is 1. The van der Waals surface area contributed by atoms with Crippen LogP contribution in [-0.4, -0.2) is 28.9 Å². The van der Waals surface area contributed by atoms with Gasteiger partial charge < -0.3 is 9.84 Å². The highest BCUT2D eigenvalue weighted by molar-refractivity contribution is 7.22. The number of aliphatic hydroxyl groups excluding tert-OH is 1. The molecule has 176 valence electrons. The number of rotatable bonds is 5. The summed E-state index contributed by atoms with van der Waals surface area (Å²) >= 11 is 1.25. The van der Waals surface area contributed by atoms with Gasteiger partial charge in [0.1, 0.15) is 23.4 Å². The zero-order valence-electron chi connectivity index (χ0n) is 19.0. The van der Waals surface area contributed by atoms with Crippen LogP contribution < -0.4 is 9.64 Å². The van der Waals surface area contributed by atoms with Crippen LogP contribution in [0.4, 0.5) is 9.52 Å². The van der Waals surface area contributed by atoms with Crippen molar-refractivity contribution in [3.63, 3.8) is 0 Å². The third-order valence-electron chi connectivity index (χ3n) is 6.06. The molecule has 1 unspecified atom stereocenters. The summed E-state index contributed by atoms with van der Waals surface area (Å²) in [6, 6.07) is 16.9. The number of methoxy groups -OCH3 is 1. The van der Waals surface area contributed by atoms with Crippen LogP contribution in [0.3, 0.4) is 0 Å². The Hall–Kier alpha value is -4.04. The van der Waals surface area contributed by atoms with Crippen LogP contribution in [0.15, 0.2) is 72.3 Å². The standard InChI is InChI=1S/C27H21FN2O4S/c1-3-15-8-13-20-21(14-15)35-27(29-20)30-23(18-6-4-5-7-19(18)28)22(25(32)26(30)33)24(31)16-9-11-17(34-2)12-10-16/h4-14,23,31H,3H2,1-2H3. The second-order valence-electron chi connectivity index (χ2n) is 8.07. The molecule has 1 saturated heterocycles. The molecule has 35 heavy (non-hydrogen) atoms. The van der Waals surface area contributed by atoms with Crippen molar-refractivity contribution in [3.05, 3.63) is 94.8 Å². The lowest BCUT2D eigenvalue weighted by Gasteiger charge is -2.23. The normalized spacial score (nSPS) is 17.3. The number of carbonyl (C=O) groups is 2. The van der Waals surface area contributed by atoms with Gasteiger partial charge in [0.15, 0.2) is 5.13 Å². The predicted octanol–water partition coefficient (Wildman–Crippen LogP) is 5.63. The third-order valence-corrected chi connectivity index (χ3v) is 7.08.